The molecule has 0 spiro atoms. The Morgan fingerprint density at radius 2 is 1.62 bits per heavy atom. The molecule has 0 aliphatic rings. The summed E-state index contributed by atoms with van der Waals surface area (Å²) < 4.78 is 6.83. The van der Waals surface area contributed by atoms with Crippen LogP contribution < -0.4 is 20.3 Å². The minimum atomic E-state index is 0.644. The highest BCUT2D eigenvalue weighted by Gasteiger charge is 2.01. The topological polar surface area (TPSA) is 37.7 Å². The zero-order valence-electron chi connectivity index (χ0n) is 13.9. The lowest BCUT2D eigenvalue weighted by Gasteiger charge is -2.12. The van der Waals surface area contributed by atoms with Gasteiger partial charge in [-0.15, -0.1) is 0 Å². The summed E-state index contributed by atoms with van der Waals surface area (Å²) in [6.45, 7) is 2.00. The largest absolute Gasteiger partial charge is 0.457 e. The Morgan fingerprint density at radius 1 is 1.04 bits per heavy atom. The van der Waals surface area contributed by atoms with Crippen molar-refractivity contribution in [3.63, 3.8) is 0 Å². The van der Waals surface area contributed by atoms with Crippen LogP contribution in [-0.2, 0) is 0 Å². The van der Waals surface area contributed by atoms with E-state index in [4.69, 9.17) is 17.0 Å². The van der Waals surface area contributed by atoms with Crippen LogP contribution in [0.4, 0.5) is 5.69 Å². The first-order valence-corrected chi connectivity index (χ1v) is 9.10. The molecule has 0 unspecified atom stereocenters. The lowest BCUT2D eigenvalue weighted by atomic mass is 10.3. The van der Waals surface area contributed by atoms with Gasteiger partial charge in [0.2, 0.25) is 0 Å². The predicted octanol–water partition coefficient (Wildman–Crippen LogP) is 3.06. The van der Waals surface area contributed by atoms with Crippen molar-refractivity contribution in [2.24, 2.45) is 0 Å². The van der Waals surface area contributed by atoms with E-state index in [1.54, 1.807) is 0 Å². The average Bonchev–Trinajstić information content (AvgIpc) is 2.55. The molecule has 0 fully saturated rings. The van der Waals surface area contributed by atoms with Gasteiger partial charge < -0.3 is 20.3 Å². The number of thiocarbonyl (C=S) groups is 1. The van der Waals surface area contributed by atoms with Crippen LogP contribution in [0.3, 0.4) is 0 Å². The van der Waals surface area contributed by atoms with E-state index >= 15 is 0 Å². The van der Waals surface area contributed by atoms with Crippen LogP contribution in [0.1, 0.15) is 6.42 Å². The summed E-state index contributed by atoms with van der Waals surface area (Å²) in [7, 11) is 4.29. The molecule has 2 aromatic carbocycles. The third-order valence-electron chi connectivity index (χ3n) is 3.30. The van der Waals surface area contributed by atoms with Crippen LogP contribution in [-0.4, -0.2) is 32.3 Å². The van der Waals surface area contributed by atoms with E-state index in [1.807, 2.05) is 48.5 Å². The van der Waals surface area contributed by atoms with E-state index in [-0.39, 0.29) is 0 Å². The van der Waals surface area contributed by atoms with Gasteiger partial charge in [0.15, 0.2) is 5.11 Å². The molecule has 0 aromatic heterocycles. The maximum atomic E-state index is 5.80. The molecule has 0 heterocycles. The van der Waals surface area contributed by atoms with Crippen LogP contribution in [0.2, 0.25) is 0 Å². The monoisotopic (exact) mass is 408 g/mol. The fourth-order valence-corrected chi connectivity index (χ4v) is 2.55. The zero-order chi connectivity index (χ0) is 17.4. The van der Waals surface area contributed by atoms with Gasteiger partial charge in [-0.05, 0) is 60.7 Å². The number of hydrogen-bond acceptors (Lipinski definition) is 2. The van der Waals surface area contributed by atoms with Crippen LogP contribution in [0, 0.1) is 0 Å². The number of nitrogens with one attached hydrogen (secondary N) is 3. The summed E-state index contributed by atoms with van der Waals surface area (Å²) in [4.78, 5) is 1.44. The number of ether oxygens (including phenoxy) is 1. The van der Waals surface area contributed by atoms with Crippen LogP contribution >= 0.6 is 28.1 Å². The standard InChI is InChI=1S/C18H22BrN3OS/c1-22(2)13-3-12-20-18(24)21-15-6-10-17(11-7-15)23-16-8-4-14(19)5-9-16/h4-11H,3,12-13H2,1-2H3,(H2,20,21,24)/p+1. The highest BCUT2D eigenvalue weighted by molar-refractivity contribution is 9.10. The van der Waals surface area contributed by atoms with Gasteiger partial charge in [0.25, 0.3) is 0 Å². The molecule has 128 valence electrons. The Hall–Kier alpha value is -1.63. The first kappa shape index (κ1) is 18.7. The van der Waals surface area contributed by atoms with Gasteiger partial charge in [0, 0.05) is 23.1 Å². The van der Waals surface area contributed by atoms with Crippen molar-refractivity contribution in [2.75, 3.05) is 32.5 Å². The predicted molar refractivity (Wildman–Crippen MR) is 107 cm³/mol. The van der Waals surface area contributed by atoms with Gasteiger partial charge in [-0.2, -0.15) is 0 Å². The molecule has 0 radical (unpaired) electrons. The van der Waals surface area contributed by atoms with Crippen LogP contribution in [0.15, 0.2) is 53.0 Å². The molecule has 0 aliphatic heterocycles. The van der Waals surface area contributed by atoms with Gasteiger partial charge in [0.05, 0.1) is 20.6 Å². The van der Waals surface area contributed by atoms with Crippen molar-refractivity contribution in [3.8, 4) is 11.5 Å². The second-order valence-electron chi connectivity index (χ2n) is 5.77. The minimum absolute atomic E-state index is 0.644. The highest BCUT2D eigenvalue weighted by Crippen LogP contribution is 2.24. The average molecular weight is 409 g/mol. The molecule has 0 amide bonds. The van der Waals surface area contributed by atoms with Gasteiger partial charge in [-0.1, -0.05) is 15.9 Å². The third kappa shape index (κ3) is 6.86. The quantitative estimate of drug-likeness (QED) is 0.486. The van der Waals surface area contributed by atoms with Crippen molar-refractivity contribution in [1.82, 2.24) is 5.32 Å². The molecule has 6 heteroatoms. The van der Waals surface area contributed by atoms with E-state index in [1.165, 1.54) is 4.90 Å². The van der Waals surface area contributed by atoms with Gasteiger partial charge in [-0.25, -0.2) is 0 Å². The van der Waals surface area contributed by atoms with Crippen molar-refractivity contribution >= 4 is 38.9 Å². The van der Waals surface area contributed by atoms with E-state index in [0.717, 1.165) is 41.2 Å². The number of rotatable bonds is 7. The van der Waals surface area contributed by atoms with Crippen molar-refractivity contribution in [1.29, 1.82) is 0 Å². The number of benzene rings is 2. The molecule has 0 aliphatic carbocycles. The zero-order valence-corrected chi connectivity index (χ0v) is 16.3. The number of anilines is 1. The third-order valence-corrected chi connectivity index (χ3v) is 4.08. The summed E-state index contributed by atoms with van der Waals surface area (Å²) in [5.41, 5.74) is 0.939. The number of quaternary nitrogens is 1. The molecule has 4 nitrogen and oxygen atoms in total. The van der Waals surface area contributed by atoms with E-state index in [9.17, 15) is 0 Å². The summed E-state index contributed by atoms with van der Waals surface area (Å²) in [6, 6.07) is 15.5. The second-order valence-corrected chi connectivity index (χ2v) is 7.10. The number of hydrogen-bond donors (Lipinski definition) is 3. The number of halogens is 1. The Bertz CT molecular complexity index is 644. The molecule has 0 saturated carbocycles. The maximum absolute atomic E-state index is 5.80. The second kappa shape index (κ2) is 9.61. The normalized spacial score (nSPS) is 10.5. The van der Waals surface area contributed by atoms with Crippen LogP contribution in [0.5, 0.6) is 11.5 Å². The first-order valence-electron chi connectivity index (χ1n) is 7.90. The molecule has 0 bridgehead atoms. The van der Waals surface area contributed by atoms with E-state index in [2.05, 4.69) is 40.7 Å². The Balaban J connectivity index is 1.79. The van der Waals surface area contributed by atoms with Gasteiger partial charge in [-0.3, -0.25) is 0 Å². The molecular formula is C18H23BrN3OS+. The van der Waals surface area contributed by atoms with Crippen LogP contribution in [0.25, 0.3) is 0 Å². The van der Waals surface area contributed by atoms with Gasteiger partial charge >= 0.3 is 0 Å². The molecule has 2 rings (SSSR count). The Kier molecular flexibility index (Phi) is 7.49. The fourth-order valence-electron chi connectivity index (χ4n) is 2.06. The highest BCUT2D eigenvalue weighted by atomic mass is 79.9. The van der Waals surface area contributed by atoms with Crippen molar-refractivity contribution < 1.29 is 9.64 Å². The first-order chi connectivity index (χ1) is 11.5. The summed E-state index contributed by atoms with van der Waals surface area (Å²) in [5.74, 6) is 1.59. The molecule has 0 atom stereocenters. The Morgan fingerprint density at radius 3 is 2.21 bits per heavy atom. The van der Waals surface area contributed by atoms with E-state index in [0.29, 0.717) is 5.11 Å². The lowest BCUT2D eigenvalue weighted by Crippen LogP contribution is -3.05. The van der Waals surface area contributed by atoms with Gasteiger partial charge in [0.1, 0.15) is 11.5 Å². The maximum Gasteiger partial charge on any atom is 0.170 e. The minimum Gasteiger partial charge on any atom is -0.457 e. The van der Waals surface area contributed by atoms with Crippen molar-refractivity contribution in [2.45, 2.75) is 6.42 Å². The summed E-state index contributed by atoms with van der Waals surface area (Å²) in [5, 5.41) is 7.04. The molecule has 24 heavy (non-hydrogen) atoms. The summed E-state index contributed by atoms with van der Waals surface area (Å²) >= 11 is 8.71. The SMILES string of the molecule is C[NH+](C)CCCNC(=S)Nc1ccc(Oc2ccc(Br)cc2)cc1. The molecule has 2 aromatic rings. The smallest absolute Gasteiger partial charge is 0.170 e. The summed E-state index contributed by atoms with van der Waals surface area (Å²) in [6.07, 6.45) is 1.09. The van der Waals surface area contributed by atoms with Crippen molar-refractivity contribution in [3.05, 3.63) is 53.0 Å². The molecule has 3 N–H and O–H groups in total. The van der Waals surface area contributed by atoms with E-state index < -0.39 is 0 Å². The Labute approximate surface area is 157 Å². The molecule has 0 saturated heterocycles. The lowest BCUT2D eigenvalue weighted by molar-refractivity contribution is -0.858. The fraction of sp³-hybridized carbons (Fsp3) is 0.278. The molecular weight excluding hydrogens is 386 g/mol.